The molecule has 3 heterocycles. The van der Waals surface area contributed by atoms with E-state index in [1.54, 1.807) is 0 Å². The number of ether oxygens (including phenoxy) is 2. The van der Waals surface area contributed by atoms with Gasteiger partial charge in [0.15, 0.2) is 5.75 Å². The number of nitrogens with one attached hydrogen (secondary N) is 1. The number of aromatic nitrogens is 4. The zero-order valence-corrected chi connectivity index (χ0v) is 25.6. The lowest BCUT2D eigenvalue weighted by Crippen LogP contribution is -2.31. The number of unbranched alkanes of at least 4 members (excludes halogenated alkanes) is 2. The van der Waals surface area contributed by atoms with Crippen LogP contribution < -0.4 is 9.47 Å². The lowest BCUT2D eigenvalue weighted by molar-refractivity contribution is 0.187. The predicted molar refractivity (Wildman–Crippen MR) is 166 cm³/mol. The summed E-state index contributed by atoms with van der Waals surface area (Å²) in [4.78, 5) is 12.5. The molecule has 1 aliphatic carbocycles. The quantitative estimate of drug-likeness (QED) is 0.171. The Morgan fingerprint density at radius 1 is 1.10 bits per heavy atom. The number of halogens is 1. The van der Waals surface area contributed by atoms with Crippen molar-refractivity contribution in [3.63, 3.8) is 0 Å². The molecule has 6 rings (SSSR count). The van der Waals surface area contributed by atoms with Crippen molar-refractivity contribution in [2.24, 2.45) is 0 Å². The van der Waals surface area contributed by atoms with Gasteiger partial charge in [0.2, 0.25) is 0 Å². The van der Waals surface area contributed by atoms with Crippen LogP contribution in [0.15, 0.2) is 24.4 Å². The molecule has 2 aliphatic rings. The van der Waals surface area contributed by atoms with Gasteiger partial charge in [0.1, 0.15) is 12.1 Å². The van der Waals surface area contributed by atoms with Crippen molar-refractivity contribution in [2.45, 2.75) is 96.6 Å². The van der Waals surface area contributed by atoms with Crippen LogP contribution in [0.2, 0.25) is 5.02 Å². The first-order valence-corrected chi connectivity index (χ1v) is 15.8. The first-order chi connectivity index (χ1) is 20.0. The Morgan fingerprint density at radius 3 is 2.68 bits per heavy atom. The molecule has 0 amide bonds. The highest BCUT2D eigenvalue weighted by atomic mass is 35.5. The molecule has 4 aromatic rings. The molecule has 2 aromatic heterocycles. The van der Waals surface area contributed by atoms with Gasteiger partial charge in [-0.05, 0) is 76.7 Å². The van der Waals surface area contributed by atoms with Crippen LogP contribution in [0.3, 0.4) is 0 Å². The van der Waals surface area contributed by atoms with Gasteiger partial charge < -0.3 is 14.4 Å². The normalized spacial score (nSPS) is 18.4. The lowest BCUT2D eigenvalue weighted by atomic mass is 9.90. The van der Waals surface area contributed by atoms with Crippen LogP contribution in [0.1, 0.15) is 88.8 Å². The van der Waals surface area contributed by atoms with Crippen molar-refractivity contribution >= 4 is 33.4 Å². The van der Waals surface area contributed by atoms with Gasteiger partial charge in [-0.1, -0.05) is 50.8 Å². The van der Waals surface area contributed by atoms with E-state index in [4.69, 9.17) is 31.0 Å². The fourth-order valence-electron chi connectivity index (χ4n) is 6.28. The summed E-state index contributed by atoms with van der Waals surface area (Å²) in [6, 6.07) is 7.06. The molecule has 1 saturated heterocycles. The van der Waals surface area contributed by atoms with Gasteiger partial charge in [-0.15, -0.1) is 0 Å². The van der Waals surface area contributed by atoms with Crippen LogP contribution in [0, 0.1) is 6.92 Å². The summed E-state index contributed by atoms with van der Waals surface area (Å²) in [5.74, 6) is 1.03. The van der Waals surface area contributed by atoms with Gasteiger partial charge in [-0.3, -0.25) is 5.10 Å². The second kappa shape index (κ2) is 12.1. The molecule has 1 unspecified atom stereocenters. The van der Waals surface area contributed by atoms with Crippen LogP contribution in [0.5, 0.6) is 11.8 Å². The van der Waals surface area contributed by atoms with Crippen molar-refractivity contribution in [2.75, 3.05) is 20.2 Å². The monoisotopic (exact) mass is 575 g/mol. The van der Waals surface area contributed by atoms with Crippen LogP contribution in [0.25, 0.3) is 32.9 Å². The molecule has 2 atom stereocenters. The van der Waals surface area contributed by atoms with E-state index in [0.29, 0.717) is 29.6 Å². The molecule has 0 bridgehead atoms. The maximum absolute atomic E-state index is 7.23. The number of benzene rings is 2. The van der Waals surface area contributed by atoms with Crippen LogP contribution >= 0.6 is 11.6 Å². The molecule has 1 saturated carbocycles. The minimum absolute atomic E-state index is 0.167. The van der Waals surface area contributed by atoms with E-state index in [1.165, 1.54) is 25.7 Å². The number of H-pyrrole nitrogens is 1. The number of hydrogen-bond donors (Lipinski definition) is 1. The van der Waals surface area contributed by atoms with E-state index in [2.05, 4.69) is 61.1 Å². The minimum Gasteiger partial charge on any atom is -0.487 e. The summed E-state index contributed by atoms with van der Waals surface area (Å²) in [6.45, 7) is 8.30. The van der Waals surface area contributed by atoms with Gasteiger partial charge in [0.25, 0.3) is 0 Å². The third-order valence-corrected chi connectivity index (χ3v) is 9.21. The van der Waals surface area contributed by atoms with E-state index in [9.17, 15) is 0 Å². The predicted octanol–water partition coefficient (Wildman–Crippen LogP) is 8.22. The second-order valence-electron chi connectivity index (χ2n) is 11.9. The number of likely N-dealkylation sites (tertiary alicyclic amines) is 1. The zero-order chi connectivity index (χ0) is 28.5. The lowest BCUT2D eigenvalue weighted by Gasteiger charge is -2.23. The Kier molecular flexibility index (Phi) is 8.36. The van der Waals surface area contributed by atoms with E-state index < -0.39 is 0 Å². The molecule has 41 heavy (non-hydrogen) atoms. The van der Waals surface area contributed by atoms with Gasteiger partial charge in [0, 0.05) is 33.9 Å². The highest BCUT2D eigenvalue weighted by Gasteiger charge is 2.31. The molecule has 1 N–H and O–H groups in total. The first-order valence-electron chi connectivity index (χ1n) is 15.4. The Hall–Kier alpha value is -2.90. The number of fused-ring (bicyclic) bond motifs is 2. The van der Waals surface area contributed by atoms with Gasteiger partial charge >= 0.3 is 6.01 Å². The smallest absolute Gasteiger partial charge is 0.317 e. The summed E-state index contributed by atoms with van der Waals surface area (Å²) < 4.78 is 13.1. The third-order valence-electron chi connectivity index (χ3n) is 8.91. The highest BCUT2D eigenvalue weighted by molar-refractivity contribution is 6.35. The zero-order valence-electron chi connectivity index (χ0n) is 24.8. The van der Waals surface area contributed by atoms with Crippen molar-refractivity contribution < 1.29 is 9.47 Å². The Balaban J connectivity index is 1.55. The Bertz CT molecular complexity index is 1530. The molecular formula is C33H42ClN5O2. The van der Waals surface area contributed by atoms with Crippen molar-refractivity contribution in [1.29, 1.82) is 0 Å². The van der Waals surface area contributed by atoms with Gasteiger partial charge in [-0.2, -0.15) is 15.1 Å². The standard InChI is InChI=1S/C33H42ClN5O2/c1-5-7-8-10-21(6-2)30-24-17-26(34)29(28-20(3)12-15-27-25(28)18-35-38-27)32(41-23-13-14-23)31(24)37-33(36-30)40-19-22-11-9-16-39(22)4/h12,15,17-18,21-23H,5-11,13-14,16,19H2,1-4H3,(H,35,38)/t21?,22-/m0/s1. The van der Waals surface area contributed by atoms with Gasteiger partial charge in [-0.25, -0.2) is 0 Å². The summed E-state index contributed by atoms with van der Waals surface area (Å²) in [6.07, 6.45) is 12.1. The Morgan fingerprint density at radius 2 is 1.95 bits per heavy atom. The molecule has 0 spiro atoms. The van der Waals surface area contributed by atoms with Crippen LogP contribution in [0.4, 0.5) is 0 Å². The van der Waals surface area contributed by atoms with E-state index in [1.807, 2.05) is 6.20 Å². The average molecular weight is 576 g/mol. The molecule has 2 aromatic carbocycles. The molecule has 2 fully saturated rings. The van der Waals surface area contributed by atoms with Crippen molar-refractivity contribution in [3.05, 3.63) is 40.7 Å². The number of rotatable bonds is 12. The van der Waals surface area contributed by atoms with Crippen LogP contribution in [-0.2, 0) is 0 Å². The van der Waals surface area contributed by atoms with Crippen LogP contribution in [-0.4, -0.2) is 57.4 Å². The molecule has 0 radical (unpaired) electrons. The number of aromatic amines is 1. The second-order valence-corrected chi connectivity index (χ2v) is 12.4. The number of aryl methyl sites for hydroxylation is 1. The Labute approximate surface area is 248 Å². The number of nitrogens with zero attached hydrogens (tertiary/aromatic N) is 4. The topological polar surface area (TPSA) is 76.2 Å². The molecular weight excluding hydrogens is 534 g/mol. The van der Waals surface area contributed by atoms with E-state index >= 15 is 0 Å². The highest BCUT2D eigenvalue weighted by Crippen LogP contribution is 2.48. The summed E-state index contributed by atoms with van der Waals surface area (Å²) >= 11 is 7.23. The first kappa shape index (κ1) is 28.2. The summed E-state index contributed by atoms with van der Waals surface area (Å²) in [7, 11) is 2.17. The molecule has 1 aliphatic heterocycles. The SMILES string of the molecule is CCCCCC(CC)c1nc(OC[C@@H]2CCCN2C)nc2c(OC3CC3)c(-c3c(C)ccc4[nH]ncc34)c(Cl)cc12. The minimum atomic E-state index is 0.167. The fourth-order valence-corrected chi connectivity index (χ4v) is 6.57. The number of hydrogen-bond acceptors (Lipinski definition) is 6. The summed E-state index contributed by atoms with van der Waals surface area (Å²) in [5, 5.41) is 10.1. The average Bonchev–Trinajstić information content (AvgIpc) is 3.49. The van der Waals surface area contributed by atoms with Crippen molar-refractivity contribution in [1.82, 2.24) is 25.1 Å². The van der Waals surface area contributed by atoms with E-state index in [-0.39, 0.29) is 6.10 Å². The maximum atomic E-state index is 7.23. The fraction of sp³-hybridized carbons (Fsp3) is 0.545. The maximum Gasteiger partial charge on any atom is 0.317 e. The van der Waals surface area contributed by atoms with Crippen molar-refractivity contribution in [3.8, 4) is 22.9 Å². The van der Waals surface area contributed by atoms with Gasteiger partial charge in [0.05, 0.1) is 28.5 Å². The van der Waals surface area contributed by atoms with E-state index in [0.717, 1.165) is 88.6 Å². The molecule has 218 valence electrons. The molecule has 7 nitrogen and oxygen atoms in total. The molecule has 8 heteroatoms. The number of likely N-dealkylation sites (N-methyl/N-ethyl adjacent to an activating group) is 1. The third kappa shape index (κ3) is 5.76. The summed E-state index contributed by atoms with van der Waals surface area (Å²) in [5.41, 5.74) is 5.81. The largest absolute Gasteiger partial charge is 0.487 e.